The molecule has 0 saturated carbocycles. The average molecular weight is 436 g/mol. The van der Waals surface area contributed by atoms with Crippen LogP contribution in [-0.4, -0.2) is 22.0 Å². The van der Waals surface area contributed by atoms with Gasteiger partial charge in [0.05, 0.1) is 5.02 Å². The predicted octanol–water partition coefficient (Wildman–Crippen LogP) is 4.80. The molecule has 0 fully saturated rings. The molecule has 29 heavy (non-hydrogen) atoms. The maximum atomic E-state index is 13.7. The van der Waals surface area contributed by atoms with Gasteiger partial charge in [0.2, 0.25) is 0 Å². The minimum absolute atomic E-state index is 0.179. The van der Waals surface area contributed by atoms with Crippen molar-refractivity contribution in [2.75, 3.05) is 0 Å². The van der Waals surface area contributed by atoms with Gasteiger partial charge in [-0.15, -0.1) is 0 Å². The Balaban J connectivity index is 1.52. The molecule has 1 aromatic carbocycles. The first-order chi connectivity index (χ1) is 13.9. The molecular weight excluding hydrogens is 420 g/mol. The van der Waals surface area contributed by atoms with Crippen molar-refractivity contribution in [2.45, 2.75) is 19.6 Å². The van der Waals surface area contributed by atoms with Gasteiger partial charge in [0, 0.05) is 18.9 Å². The second-order valence-corrected chi connectivity index (χ2v) is 6.80. The zero-order chi connectivity index (χ0) is 20.8. The molecule has 6 nitrogen and oxygen atoms in total. The van der Waals surface area contributed by atoms with Gasteiger partial charge in [-0.3, -0.25) is 4.79 Å². The number of carbonyl (C=O) groups is 1. The molecule has 0 radical (unpaired) electrons. The van der Waals surface area contributed by atoms with Gasteiger partial charge in [0.15, 0.2) is 11.9 Å². The van der Waals surface area contributed by atoms with Gasteiger partial charge in [0.25, 0.3) is 11.8 Å². The Kier molecular flexibility index (Phi) is 6.85. The number of aromatic nitrogens is 2. The Morgan fingerprint density at radius 1 is 1.10 bits per heavy atom. The summed E-state index contributed by atoms with van der Waals surface area (Å²) in [4.78, 5) is 19.9. The minimum atomic E-state index is -0.725. The van der Waals surface area contributed by atoms with Crippen molar-refractivity contribution in [1.82, 2.24) is 15.3 Å². The van der Waals surface area contributed by atoms with Crippen molar-refractivity contribution in [3.8, 4) is 17.4 Å². The Morgan fingerprint density at radius 3 is 2.48 bits per heavy atom. The first-order valence-corrected chi connectivity index (χ1v) is 9.30. The standard InChI is InChI=1S/C20H16Cl2FN3O3/c1-12(19(27)25-10-13-2-7-18(22)24-9-13)28-15-3-5-16(6-4-15)29-20-17(23)8-14(21)11-26-20/h2-9,11-12H,10H2,1H3,(H,25,27). The summed E-state index contributed by atoms with van der Waals surface area (Å²) in [5, 5.41) is 3.33. The van der Waals surface area contributed by atoms with E-state index in [1.54, 1.807) is 49.5 Å². The van der Waals surface area contributed by atoms with Crippen LogP contribution in [0.2, 0.25) is 10.2 Å². The van der Waals surface area contributed by atoms with Crippen molar-refractivity contribution >= 4 is 29.1 Å². The summed E-state index contributed by atoms with van der Waals surface area (Å²) < 4.78 is 24.7. The molecule has 3 aromatic rings. The van der Waals surface area contributed by atoms with E-state index in [9.17, 15) is 9.18 Å². The molecule has 1 unspecified atom stereocenters. The Hall–Kier alpha value is -2.90. The SMILES string of the molecule is CC(Oc1ccc(Oc2ncc(Cl)cc2F)cc1)C(=O)NCc1ccc(Cl)nc1. The lowest BCUT2D eigenvalue weighted by Gasteiger charge is -2.15. The molecule has 2 heterocycles. The first kappa shape index (κ1) is 20.8. The summed E-state index contributed by atoms with van der Waals surface area (Å²) in [5.74, 6) is -0.324. The number of hydrogen-bond acceptors (Lipinski definition) is 5. The van der Waals surface area contributed by atoms with Crippen LogP contribution >= 0.6 is 23.2 Å². The van der Waals surface area contributed by atoms with Crippen LogP contribution in [0.5, 0.6) is 17.4 Å². The number of nitrogens with one attached hydrogen (secondary N) is 1. The largest absolute Gasteiger partial charge is 0.481 e. The zero-order valence-corrected chi connectivity index (χ0v) is 16.7. The highest BCUT2D eigenvalue weighted by atomic mass is 35.5. The van der Waals surface area contributed by atoms with Crippen LogP contribution in [0.25, 0.3) is 0 Å². The second kappa shape index (κ2) is 9.54. The average Bonchev–Trinajstić information content (AvgIpc) is 2.70. The monoisotopic (exact) mass is 435 g/mol. The van der Waals surface area contributed by atoms with Crippen LogP contribution in [-0.2, 0) is 11.3 Å². The predicted molar refractivity (Wildman–Crippen MR) is 107 cm³/mol. The molecule has 150 valence electrons. The summed E-state index contributed by atoms with van der Waals surface area (Å²) in [5.41, 5.74) is 0.819. The molecule has 0 bridgehead atoms. The number of nitrogens with zero attached hydrogens (tertiary/aromatic N) is 2. The van der Waals surface area contributed by atoms with E-state index in [2.05, 4.69) is 15.3 Å². The van der Waals surface area contributed by atoms with Crippen LogP contribution in [0.15, 0.2) is 54.9 Å². The molecule has 0 aliphatic carbocycles. The van der Waals surface area contributed by atoms with E-state index in [0.29, 0.717) is 23.2 Å². The number of pyridine rings is 2. The van der Waals surface area contributed by atoms with E-state index < -0.39 is 11.9 Å². The van der Waals surface area contributed by atoms with E-state index in [1.807, 2.05) is 0 Å². The van der Waals surface area contributed by atoms with Crippen LogP contribution in [0.4, 0.5) is 4.39 Å². The molecule has 3 rings (SSSR count). The van der Waals surface area contributed by atoms with Crippen LogP contribution in [0.3, 0.4) is 0 Å². The van der Waals surface area contributed by atoms with Crippen LogP contribution < -0.4 is 14.8 Å². The second-order valence-electron chi connectivity index (χ2n) is 5.98. The van der Waals surface area contributed by atoms with Crippen molar-refractivity contribution in [3.63, 3.8) is 0 Å². The number of ether oxygens (including phenoxy) is 2. The van der Waals surface area contributed by atoms with E-state index >= 15 is 0 Å². The number of hydrogen-bond donors (Lipinski definition) is 1. The van der Waals surface area contributed by atoms with Crippen LogP contribution in [0, 0.1) is 5.82 Å². The maximum absolute atomic E-state index is 13.7. The molecule has 0 spiro atoms. The van der Waals surface area contributed by atoms with Crippen LogP contribution in [0.1, 0.15) is 12.5 Å². The number of rotatable bonds is 7. The number of carbonyl (C=O) groups excluding carboxylic acids is 1. The lowest BCUT2D eigenvalue weighted by molar-refractivity contribution is -0.127. The fraction of sp³-hybridized carbons (Fsp3) is 0.150. The minimum Gasteiger partial charge on any atom is -0.481 e. The van der Waals surface area contributed by atoms with Gasteiger partial charge in [-0.25, -0.2) is 14.4 Å². The van der Waals surface area contributed by atoms with Crippen molar-refractivity contribution in [3.05, 3.63) is 76.4 Å². The van der Waals surface area contributed by atoms with Gasteiger partial charge in [-0.2, -0.15) is 0 Å². The van der Waals surface area contributed by atoms with Crippen molar-refractivity contribution in [1.29, 1.82) is 0 Å². The molecule has 0 aliphatic rings. The fourth-order valence-electron chi connectivity index (χ4n) is 2.28. The molecule has 0 saturated heterocycles. The van der Waals surface area contributed by atoms with Crippen molar-refractivity contribution < 1.29 is 18.7 Å². The highest BCUT2D eigenvalue weighted by Gasteiger charge is 2.15. The molecule has 9 heteroatoms. The normalized spacial score (nSPS) is 11.6. The molecule has 1 N–H and O–H groups in total. The molecule has 1 amide bonds. The van der Waals surface area contributed by atoms with Gasteiger partial charge < -0.3 is 14.8 Å². The van der Waals surface area contributed by atoms with Gasteiger partial charge in [0.1, 0.15) is 16.7 Å². The summed E-state index contributed by atoms with van der Waals surface area (Å²) in [6.07, 6.45) is 2.15. The lowest BCUT2D eigenvalue weighted by atomic mass is 10.2. The first-order valence-electron chi connectivity index (χ1n) is 8.54. The molecule has 2 aromatic heterocycles. The molecule has 1 atom stereocenters. The highest BCUT2D eigenvalue weighted by Crippen LogP contribution is 2.26. The summed E-state index contributed by atoms with van der Waals surface area (Å²) in [6.45, 7) is 1.94. The third kappa shape index (κ3) is 6.04. The zero-order valence-electron chi connectivity index (χ0n) is 15.2. The van der Waals surface area contributed by atoms with Gasteiger partial charge in [-0.1, -0.05) is 29.3 Å². The lowest BCUT2D eigenvalue weighted by Crippen LogP contribution is -2.35. The smallest absolute Gasteiger partial charge is 0.261 e. The Labute approximate surface area is 176 Å². The summed E-state index contributed by atoms with van der Waals surface area (Å²) >= 11 is 11.4. The third-order valence-corrected chi connectivity index (χ3v) is 4.18. The van der Waals surface area contributed by atoms with Gasteiger partial charge in [-0.05, 0) is 48.9 Å². The number of halogens is 3. The highest BCUT2D eigenvalue weighted by molar-refractivity contribution is 6.30. The Morgan fingerprint density at radius 2 is 1.83 bits per heavy atom. The third-order valence-electron chi connectivity index (χ3n) is 3.75. The van der Waals surface area contributed by atoms with E-state index in [-0.39, 0.29) is 16.8 Å². The molecule has 0 aliphatic heterocycles. The number of amides is 1. The fourth-order valence-corrected chi connectivity index (χ4v) is 2.53. The molecular formula is C20H16Cl2FN3O3. The summed E-state index contributed by atoms with van der Waals surface area (Å²) in [6, 6.07) is 10.9. The Bertz CT molecular complexity index is 985. The van der Waals surface area contributed by atoms with E-state index in [4.69, 9.17) is 32.7 Å². The van der Waals surface area contributed by atoms with Crippen molar-refractivity contribution in [2.24, 2.45) is 0 Å². The quantitative estimate of drug-likeness (QED) is 0.539. The van der Waals surface area contributed by atoms with E-state index in [1.165, 1.54) is 6.20 Å². The number of benzene rings is 1. The van der Waals surface area contributed by atoms with E-state index in [0.717, 1.165) is 11.6 Å². The van der Waals surface area contributed by atoms with Gasteiger partial charge >= 0.3 is 0 Å². The topological polar surface area (TPSA) is 73.3 Å². The summed E-state index contributed by atoms with van der Waals surface area (Å²) in [7, 11) is 0. The maximum Gasteiger partial charge on any atom is 0.261 e.